The number of urea groups is 1. The van der Waals surface area contributed by atoms with Crippen molar-refractivity contribution in [1.82, 2.24) is 15.6 Å². The van der Waals surface area contributed by atoms with Crippen LogP contribution in [-0.2, 0) is 11.2 Å². The fraction of sp³-hybridized carbons (Fsp3) is 0.647. The number of rotatable bonds is 4. The Morgan fingerprint density at radius 1 is 1.41 bits per heavy atom. The van der Waals surface area contributed by atoms with Crippen LogP contribution in [0.3, 0.4) is 0 Å². The zero-order valence-electron chi connectivity index (χ0n) is 14.2. The maximum Gasteiger partial charge on any atom is 0.315 e. The Morgan fingerprint density at radius 2 is 2.14 bits per heavy atom. The third-order valence-corrected chi connectivity index (χ3v) is 4.20. The minimum Gasteiger partial charge on any atom is -0.367 e. The minimum absolute atomic E-state index is 0.0187. The molecule has 2 amide bonds. The summed E-state index contributed by atoms with van der Waals surface area (Å²) in [6.45, 7) is 10.8. The fourth-order valence-electron chi connectivity index (χ4n) is 3.09. The van der Waals surface area contributed by atoms with Crippen LogP contribution in [0.1, 0.15) is 45.2 Å². The molecule has 0 radical (unpaired) electrons. The van der Waals surface area contributed by atoms with Gasteiger partial charge in [-0.3, -0.25) is 4.98 Å². The Hall–Kier alpha value is -1.62. The van der Waals surface area contributed by atoms with Crippen molar-refractivity contribution >= 4 is 6.03 Å². The third-order valence-electron chi connectivity index (χ3n) is 4.20. The van der Waals surface area contributed by atoms with Crippen LogP contribution in [0.4, 0.5) is 4.79 Å². The van der Waals surface area contributed by atoms with Crippen molar-refractivity contribution in [1.29, 1.82) is 0 Å². The lowest BCUT2D eigenvalue weighted by atomic mass is 9.95. The predicted molar refractivity (Wildman–Crippen MR) is 86.9 cm³/mol. The van der Waals surface area contributed by atoms with Crippen LogP contribution in [0.2, 0.25) is 0 Å². The number of nitrogens with one attached hydrogen (secondary N) is 2. The monoisotopic (exact) mass is 305 g/mol. The molecule has 0 spiro atoms. The topological polar surface area (TPSA) is 63.2 Å². The highest BCUT2D eigenvalue weighted by Crippen LogP contribution is 2.37. The number of aryl methyl sites for hydroxylation is 1. The van der Waals surface area contributed by atoms with Gasteiger partial charge in [0.05, 0.1) is 17.2 Å². The van der Waals surface area contributed by atoms with Gasteiger partial charge in [-0.15, -0.1) is 0 Å². The number of aromatic nitrogens is 1. The van der Waals surface area contributed by atoms with Gasteiger partial charge in [0.2, 0.25) is 0 Å². The molecule has 1 aromatic heterocycles. The van der Waals surface area contributed by atoms with E-state index < -0.39 is 0 Å². The molecule has 0 aromatic carbocycles. The standard InChI is InChI=1S/C17H27N3O2/c1-12-11-18-8-6-13(12)7-9-19-15(21)20-14-10-16(2,3)22-17(14,4)5/h6,8,11,14H,7,9-10H2,1-5H3,(H2,19,20,21)/t14-/m1/s1. The summed E-state index contributed by atoms with van der Waals surface area (Å²) in [5, 5.41) is 5.96. The lowest BCUT2D eigenvalue weighted by Crippen LogP contribution is -2.50. The van der Waals surface area contributed by atoms with Crippen molar-refractivity contribution in [2.75, 3.05) is 6.54 Å². The van der Waals surface area contributed by atoms with E-state index in [4.69, 9.17) is 4.74 Å². The van der Waals surface area contributed by atoms with Gasteiger partial charge in [0.15, 0.2) is 0 Å². The number of carbonyl (C=O) groups is 1. The molecule has 2 N–H and O–H groups in total. The second-order valence-corrected chi connectivity index (χ2v) is 7.17. The summed E-state index contributed by atoms with van der Waals surface area (Å²) in [4.78, 5) is 16.2. The summed E-state index contributed by atoms with van der Waals surface area (Å²) in [6.07, 6.45) is 5.24. The summed E-state index contributed by atoms with van der Waals surface area (Å²) >= 11 is 0. The molecular formula is C17H27N3O2. The molecule has 0 saturated carbocycles. The molecule has 1 aliphatic rings. The van der Waals surface area contributed by atoms with Crippen LogP contribution in [0.15, 0.2) is 18.5 Å². The number of nitrogens with zero attached hydrogens (tertiary/aromatic N) is 1. The molecule has 1 fully saturated rings. The van der Waals surface area contributed by atoms with Gasteiger partial charge in [-0.2, -0.15) is 0 Å². The highest BCUT2D eigenvalue weighted by atomic mass is 16.5. The maximum absolute atomic E-state index is 12.1. The second kappa shape index (κ2) is 6.24. The van der Waals surface area contributed by atoms with Gasteiger partial charge in [0.25, 0.3) is 0 Å². The maximum atomic E-state index is 12.1. The van der Waals surface area contributed by atoms with Crippen molar-refractivity contribution in [2.24, 2.45) is 0 Å². The molecule has 0 bridgehead atoms. The normalized spacial score (nSPS) is 22.3. The summed E-state index contributed by atoms with van der Waals surface area (Å²) in [5.41, 5.74) is 1.82. The summed E-state index contributed by atoms with van der Waals surface area (Å²) < 4.78 is 5.99. The molecule has 2 heterocycles. The summed E-state index contributed by atoms with van der Waals surface area (Å²) in [6, 6.07) is 1.88. The van der Waals surface area contributed by atoms with E-state index in [1.807, 2.05) is 33.0 Å². The molecule has 5 heteroatoms. The Morgan fingerprint density at radius 3 is 2.73 bits per heavy atom. The Balaban J connectivity index is 1.80. The summed E-state index contributed by atoms with van der Waals surface area (Å²) in [7, 11) is 0. The third kappa shape index (κ3) is 4.19. The van der Waals surface area contributed by atoms with Crippen molar-refractivity contribution < 1.29 is 9.53 Å². The molecule has 0 aliphatic carbocycles. The molecule has 1 saturated heterocycles. The fourth-order valence-corrected chi connectivity index (χ4v) is 3.09. The van der Waals surface area contributed by atoms with Crippen LogP contribution in [0.5, 0.6) is 0 Å². The SMILES string of the molecule is Cc1cnccc1CCNC(=O)N[C@@H]1CC(C)(C)OC1(C)C. The second-order valence-electron chi connectivity index (χ2n) is 7.17. The number of amides is 2. The van der Waals surface area contributed by atoms with E-state index in [0.717, 1.165) is 18.4 Å². The number of pyridine rings is 1. The zero-order valence-corrected chi connectivity index (χ0v) is 14.2. The lowest BCUT2D eigenvalue weighted by Gasteiger charge is -2.27. The number of hydrogen-bond donors (Lipinski definition) is 2. The van der Waals surface area contributed by atoms with E-state index in [9.17, 15) is 4.79 Å². The van der Waals surface area contributed by atoms with Gasteiger partial charge in [-0.1, -0.05) is 0 Å². The van der Waals surface area contributed by atoms with Crippen molar-refractivity contribution in [2.45, 2.75) is 64.7 Å². The van der Waals surface area contributed by atoms with Crippen LogP contribution in [0, 0.1) is 6.92 Å². The highest BCUT2D eigenvalue weighted by Gasteiger charge is 2.46. The zero-order chi connectivity index (χ0) is 16.4. The van der Waals surface area contributed by atoms with Crippen molar-refractivity contribution in [3.63, 3.8) is 0 Å². The van der Waals surface area contributed by atoms with E-state index in [2.05, 4.69) is 29.5 Å². The van der Waals surface area contributed by atoms with Gasteiger partial charge >= 0.3 is 6.03 Å². The Labute approximate surface area is 132 Å². The van der Waals surface area contributed by atoms with E-state index in [-0.39, 0.29) is 23.3 Å². The van der Waals surface area contributed by atoms with E-state index in [0.29, 0.717) is 6.54 Å². The average molecular weight is 305 g/mol. The first kappa shape index (κ1) is 16.7. The first-order chi connectivity index (χ1) is 10.2. The molecule has 5 nitrogen and oxygen atoms in total. The van der Waals surface area contributed by atoms with Crippen LogP contribution < -0.4 is 10.6 Å². The molecular weight excluding hydrogens is 278 g/mol. The van der Waals surface area contributed by atoms with Crippen LogP contribution in [0.25, 0.3) is 0 Å². The van der Waals surface area contributed by atoms with Gasteiger partial charge in [0, 0.05) is 18.9 Å². The first-order valence-electron chi connectivity index (χ1n) is 7.84. The van der Waals surface area contributed by atoms with Crippen LogP contribution >= 0.6 is 0 Å². The molecule has 1 aliphatic heterocycles. The number of ether oxygens (including phenoxy) is 1. The van der Waals surface area contributed by atoms with Gasteiger partial charge < -0.3 is 15.4 Å². The first-order valence-corrected chi connectivity index (χ1v) is 7.84. The lowest BCUT2D eigenvalue weighted by molar-refractivity contribution is -0.0690. The van der Waals surface area contributed by atoms with Crippen LogP contribution in [-0.4, -0.2) is 34.8 Å². The van der Waals surface area contributed by atoms with Gasteiger partial charge in [-0.05, 0) is 64.7 Å². The predicted octanol–water partition coefficient (Wildman–Crippen LogP) is 2.58. The Bertz CT molecular complexity index is 540. The van der Waals surface area contributed by atoms with E-state index in [1.54, 1.807) is 6.20 Å². The molecule has 2 rings (SSSR count). The highest BCUT2D eigenvalue weighted by molar-refractivity contribution is 5.74. The van der Waals surface area contributed by atoms with Crippen molar-refractivity contribution in [3.8, 4) is 0 Å². The van der Waals surface area contributed by atoms with Gasteiger partial charge in [0.1, 0.15) is 0 Å². The smallest absolute Gasteiger partial charge is 0.315 e. The Kier molecular flexibility index (Phi) is 4.75. The van der Waals surface area contributed by atoms with E-state index in [1.165, 1.54) is 5.56 Å². The largest absolute Gasteiger partial charge is 0.367 e. The number of carbonyl (C=O) groups excluding carboxylic acids is 1. The molecule has 22 heavy (non-hydrogen) atoms. The van der Waals surface area contributed by atoms with E-state index >= 15 is 0 Å². The van der Waals surface area contributed by atoms with Gasteiger partial charge in [-0.25, -0.2) is 4.79 Å². The molecule has 0 unspecified atom stereocenters. The molecule has 1 atom stereocenters. The summed E-state index contributed by atoms with van der Waals surface area (Å²) in [5.74, 6) is 0. The minimum atomic E-state index is -0.345. The average Bonchev–Trinajstić information content (AvgIpc) is 2.59. The molecule has 1 aromatic rings. The molecule has 122 valence electrons. The quantitative estimate of drug-likeness (QED) is 0.898. The number of hydrogen-bond acceptors (Lipinski definition) is 3. The van der Waals surface area contributed by atoms with Crippen molar-refractivity contribution in [3.05, 3.63) is 29.6 Å².